The molecule has 1 spiro atoms. The van der Waals surface area contributed by atoms with E-state index in [1.807, 2.05) is 0 Å². The van der Waals surface area contributed by atoms with Crippen LogP contribution < -0.4 is 0 Å². The highest BCUT2D eigenvalue weighted by Crippen LogP contribution is 2.78. The van der Waals surface area contributed by atoms with Crippen molar-refractivity contribution in [3.63, 3.8) is 0 Å². The summed E-state index contributed by atoms with van der Waals surface area (Å²) in [5.41, 5.74) is 0.293. The second-order valence-corrected chi connectivity index (χ2v) is 10.3. The van der Waals surface area contributed by atoms with Crippen LogP contribution in [-0.4, -0.2) is 21.9 Å². The number of aliphatic hydroxyl groups excluding tert-OH is 1. The number of rotatable bonds is 0. The van der Waals surface area contributed by atoms with Crippen LogP contribution in [0.25, 0.3) is 0 Å². The summed E-state index contributed by atoms with van der Waals surface area (Å²) in [6.45, 7) is 11.8. The third-order valence-corrected chi connectivity index (χ3v) is 9.54. The van der Waals surface area contributed by atoms with E-state index in [4.69, 9.17) is 0 Å². The second kappa shape index (κ2) is 4.11. The predicted octanol–water partition coefficient (Wildman–Crippen LogP) is 4.00. The Bertz CT molecular complexity index is 496. The van der Waals surface area contributed by atoms with E-state index in [1.165, 1.54) is 19.3 Å². The van der Waals surface area contributed by atoms with E-state index in [0.717, 1.165) is 19.3 Å². The van der Waals surface area contributed by atoms with Crippen LogP contribution in [0, 0.1) is 39.9 Å². The molecule has 4 saturated carbocycles. The third-order valence-electron chi connectivity index (χ3n) is 9.54. The Kier molecular flexibility index (Phi) is 2.89. The van der Waals surface area contributed by atoms with E-state index >= 15 is 0 Å². The molecule has 4 fully saturated rings. The van der Waals surface area contributed by atoms with Crippen molar-refractivity contribution < 1.29 is 10.2 Å². The van der Waals surface area contributed by atoms with Gasteiger partial charge in [-0.3, -0.25) is 0 Å². The van der Waals surface area contributed by atoms with Gasteiger partial charge in [-0.15, -0.1) is 0 Å². The predicted molar refractivity (Wildman–Crippen MR) is 88.3 cm³/mol. The smallest absolute Gasteiger partial charge is 0.0653 e. The van der Waals surface area contributed by atoms with Gasteiger partial charge in [0, 0.05) is 0 Å². The Morgan fingerprint density at radius 3 is 2.18 bits per heavy atom. The summed E-state index contributed by atoms with van der Waals surface area (Å²) in [4.78, 5) is 0. The molecule has 4 aliphatic carbocycles. The van der Waals surface area contributed by atoms with Crippen molar-refractivity contribution in [2.75, 3.05) is 0 Å². The maximum atomic E-state index is 11.1. The van der Waals surface area contributed by atoms with Crippen LogP contribution >= 0.6 is 0 Å². The van der Waals surface area contributed by atoms with Gasteiger partial charge in [0.2, 0.25) is 0 Å². The molecule has 2 N–H and O–H groups in total. The SMILES string of the molecule is C[C@@H]1C[C@H](O)[C@H]2C[C@H]3[C@]4(C)CC[C@@H]4[C@@](C)(O)CC[C@@]13C2(C)C. The first-order chi connectivity index (χ1) is 10.1. The minimum Gasteiger partial charge on any atom is -0.393 e. The molecule has 4 rings (SSSR count). The number of hydrogen-bond donors (Lipinski definition) is 2. The van der Waals surface area contributed by atoms with Gasteiger partial charge in [0.1, 0.15) is 0 Å². The quantitative estimate of drug-likeness (QED) is 0.710. The molecular weight excluding hydrogens is 272 g/mol. The third kappa shape index (κ3) is 1.46. The lowest BCUT2D eigenvalue weighted by Gasteiger charge is -2.61. The lowest BCUT2D eigenvalue weighted by atomic mass is 9.44. The monoisotopic (exact) mass is 306 g/mol. The van der Waals surface area contributed by atoms with Crippen molar-refractivity contribution >= 4 is 0 Å². The lowest BCUT2D eigenvalue weighted by molar-refractivity contribution is -0.157. The standard InChI is InChI=1S/C20H34O2/c1-12-10-14(21)13-11-16-18(4)7-6-15(18)19(5,22)8-9-20(12,16)17(13,2)3/h12-16,21-22H,6-11H2,1-5H3/t12-,13-,14+,15+,16+,18-,19+,20-/m1/s1. The summed E-state index contributed by atoms with van der Waals surface area (Å²) in [7, 11) is 0. The van der Waals surface area contributed by atoms with Gasteiger partial charge in [-0.25, -0.2) is 0 Å². The molecule has 2 heteroatoms. The fraction of sp³-hybridized carbons (Fsp3) is 1.00. The van der Waals surface area contributed by atoms with E-state index in [1.54, 1.807) is 0 Å². The maximum absolute atomic E-state index is 11.1. The molecule has 0 amide bonds. The molecule has 0 heterocycles. The van der Waals surface area contributed by atoms with Crippen molar-refractivity contribution in [3.05, 3.63) is 0 Å². The highest BCUT2D eigenvalue weighted by Gasteiger charge is 2.73. The fourth-order valence-corrected chi connectivity index (χ4v) is 8.32. The Labute approximate surface area is 135 Å². The number of hydrogen-bond acceptors (Lipinski definition) is 2. The molecule has 0 aromatic heterocycles. The van der Waals surface area contributed by atoms with Crippen LogP contribution in [0.5, 0.6) is 0 Å². The summed E-state index contributed by atoms with van der Waals surface area (Å²) in [6, 6.07) is 0. The van der Waals surface area contributed by atoms with Gasteiger partial charge >= 0.3 is 0 Å². The minimum atomic E-state index is -0.493. The number of aliphatic hydroxyl groups is 2. The molecule has 2 bridgehead atoms. The van der Waals surface area contributed by atoms with Crippen molar-refractivity contribution in [2.24, 2.45) is 39.9 Å². The zero-order valence-electron chi connectivity index (χ0n) is 15.0. The van der Waals surface area contributed by atoms with Crippen LogP contribution in [-0.2, 0) is 0 Å². The molecular formula is C20H34O2. The average molecular weight is 306 g/mol. The van der Waals surface area contributed by atoms with Crippen molar-refractivity contribution in [2.45, 2.75) is 84.8 Å². The Morgan fingerprint density at radius 1 is 0.909 bits per heavy atom. The number of fused-ring (bicyclic) bond motifs is 3. The van der Waals surface area contributed by atoms with Gasteiger partial charge in [-0.1, -0.05) is 27.7 Å². The normalized spacial score (nSPS) is 62.6. The largest absolute Gasteiger partial charge is 0.393 e. The van der Waals surface area contributed by atoms with Crippen LogP contribution in [0.2, 0.25) is 0 Å². The van der Waals surface area contributed by atoms with Crippen LogP contribution in [0.3, 0.4) is 0 Å². The minimum absolute atomic E-state index is 0.120. The molecule has 0 aromatic carbocycles. The molecule has 0 aromatic rings. The first-order valence-electron chi connectivity index (χ1n) is 9.48. The van der Waals surface area contributed by atoms with Gasteiger partial charge in [0.05, 0.1) is 11.7 Å². The van der Waals surface area contributed by atoms with Crippen LogP contribution in [0.1, 0.15) is 73.1 Å². The van der Waals surface area contributed by atoms with E-state index < -0.39 is 5.60 Å². The molecule has 4 aliphatic rings. The van der Waals surface area contributed by atoms with Gasteiger partial charge in [-0.05, 0) is 85.4 Å². The second-order valence-electron chi connectivity index (χ2n) is 10.3. The van der Waals surface area contributed by atoms with E-state index in [-0.39, 0.29) is 16.9 Å². The zero-order chi connectivity index (χ0) is 16.1. The van der Waals surface area contributed by atoms with Crippen molar-refractivity contribution in [1.82, 2.24) is 0 Å². The highest BCUT2D eigenvalue weighted by atomic mass is 16.3. The maximum Gasteiger partial charge on any atom is 0.0653 e. The first kappa shape index (κ1) is 15.4. The van der Waals surface area contributed by atoms with Crippen LogP contribution in [0.4, 0.5) is 0 Å². The molecule has 0 radical (unpaired) electrons. The summed E-state index contributed by atoms with van der Waals surface area (Å²) in [6.07, 6.45) is 6.58. The highest BCUT2D eigenvalue weighted by molar-refractivity contribution is 5.22. The lowest BCUT2D eigenvalue weighted by Crippen LogP contribution is -2.57. The zero-order valence-corrected chi connectivity index (χ0v) is 15.0. The molecule has 22 heavy (non-hydrogen) atoms. The molecule has 0 aliphatic heterocycles. The summed E-state index contributed by atoms with van der Waals surface area (Å²) in [5, 5.41) is 21.8. The van der Waals surface area contributed by atoms with E-state index in [9.17, 15) is 10.2 Å². The van der Waals surface area contributed by atoms with Crippen molar-refractivity contribution in [1.29, 1.82) is 0 Å². The Morgan fingerprint density at radius 2 is 1.59 bits per heavy atom. The van der Waals surface area contributed by atoms with Gasteiger partial charge in [-0.2, -0.15) is 0 Å². The Hall–Kier alpha value is -0.0800. The fourth-order valence-electron chi connectivity index (χ4n) is 8.32. The first-order valence-corrected chi connectivity index (χ1v) is 9.48. The molecule has 2 nitrogen and oxygen atoms in total. The molecule has 126 valence electrons. The van der Waals surface area contributed by atoms with Crippen molar-refractivity contribution in [3.8, 4) is 0 Å². The van der Waals surface area contributed by atoms with Gasteiger partial charge in [0.15, 0.2) is 0 Å². The average Bonchev–Trinajstić information content (AvgIpc) is 2.50. The molecule has 8 atom stereocenters. The van der Waals surface area contributed by atoms with Gasteiger partial charge < -0.3 is 10.2 Å². The summed E-state index contributed by atoms with van der Waals surface area (Å²) < 4.78 is 0. The molecule has 0 unspecified atom stereocenters. The van der Waals surface area contributed by atoms with E-state index in [2.05, 4.69) is 34.6 Å². The van der Waals surface area contributed by atoms with E-state index in [0.29, 0.717) is 29.1 Å². The topological polar surface area (TPSA) is 40.5 Å². The summed E-state index contributed by atoms with van der Waals surface area (Å²) >= 11 is 0. The van der Waals surface area contributed by atoms with Crippen LogP contribution in [0.15, 0.2) is 0 Å². The molecule has 0 saturated heterocycles. The Balaban J connectivity index is 1.88. The summed E-state index contributed by atoms with van der Waals surface area (Å²) in [5.74, 6) is 2.16. The van der Waals surface area contributed by atoms with Gasteiger partial charge in [0.25, 0.3) is 0 Å².